The van der Waals surface area contributed by atoms with Crippen LogP contribution in [0.15, 0.2) is 23.1 Å². The van der Waals surface area contributed by atoms with E-state index >= 15 is 0 Å². The zero-order valence-electron chi connectivity index (χ0n) is 10.7. The van der Waals surface area contributed by atoms with Crippen LogP contribution >= 0.6 is 22.6 Å². The Hall–Kier alpha value is -0.670. The first-order valence-corrected chi connectivity index (χ1v) is 8.36. The standard InChI is InChI=1S/C12H16INO4S/c1-3-8(2)7-14-19(17,18)9-4-5-11(13)10(6-9)12(15)16/h4-6,8,14H,3,7H2,1-2H3,(H,15,16). The number of rotatable bonds is 6. The van der Waals surface area contributed by atoms with Crippen LogP contribution in [0.3, 0.4) is 0 Å². The highest BCUT2D eigenvalue weighted by molar-refractivity contribution is 14.1. The van der Waals surface area contributed by atoms with Gasteiger partial charge in [-0.2, -0.15) is 0 Å². The second-order valence-corrected chi connectivity index (χ2v) is 7.24. The molecule has 0 fully saturated rings. The molecule has 2 N–H and O–H groups in total. The van der Waals surface area contributed by atoms with Crippen LogP contribution in [0.25, 0.3) is 0 Å². The number of nitrogens with one attached hydrogen (secondary N) is 1. The van der Waals surface area contributed by atoms with Crippen molar-refractivity contribution in [3.8, 4) is 0 Å². The van der Waals surface area contributed by atoms with Crippen molar-refractivity contribution in [1.29, 1.82) is 0 Å². The van der Waals surface area contributed by atoms with E-state index in [9.17, 15) is 13.2 Å². The molecule has 0 aliphatic rings. The van der Waals surface area contributed by atoms with Gasteiger partial charge in [0.15, 0.2) is 0 Å². The lowest BCUT2D eigenvalue weighted by Gasteiger charge is -2.11. The van der Waals surface area contributed by atoms with Crippen LogP contribution < -0.4 is 4.72 Å². The van der Waals surface area contributed by atoms with Crippen molar-refractivity contribution in [2.45, 2.75) is 25.2 Å². The van der Waals surface area contributed by atoms with Crippen LogP contribution in [0.2, 0.25) is 0 Å². The van der Waals surface area contributed by atoms with Crippen molar-refractivity contribution in [1.82, 2.24) is 4.72 Å². The quantitative estimate of drug-likeness (QED) is 0.722. The predicted molar refractivity (Wildman–Crippen MR) is 80.8 cm³/mol. The molecule has 0 radical (unpaired) electrons. The fraction of sp³-hybridized carbons (Fsp3) is 0.417. The third-order valence-electron chi connectivity index (χ3n) is 2.80. The normalized spacial score (nSPS) is 13.2. The van der Waals surface area contributed by atoms with Crippen LogP contribution in [0.1, 0.15) is 30.6 Å². The molecule has 0 aliphatic heterocycles. The molecule has 0 bridgehead atoms. The van der Waals surface area contributed by atoms with E-state index < -0.39 is 16.0 Å². The van der Waals surface area contributed by atoms with Crippen LogP contribution in [-0.4, -0.2) is 26.0 Å². The Morgan fingerprint density at radius 2 is 2.11 bits per heavy atom. The summed E-state index contributed by atoms with van der Waals surface area (Å²) in [4.78, 5) is 11.0. The lowest BCUT2D eigenvalue weighted by Crippen LogP contribution is -2.28. The minimum absolute atomic E-state index is 0.00739. The zero-order chi connectivity index (χ0) is 14.6. The van der Waals surface area contributed by atoms with E-state index in [2.05, 4.69) is 4.72 Å². The molecule has 0 aromatic heterocycles. The average molecular weight is 397 g/mol. The smallest absolute Gasteiger partial charge is 0.336 e. The Kier molecular flexibility index (Phi) is 5.75. The van der Waals surface area contributed by atoms with Gasteiger partial charge in [-0.25, -0.2) is 17.9 Å². The maximum absolute atomic E-state index is 12.0. The number of hydrogen-bond donors (Lipinski definition) is 2. The first-order valence-electron chi connectivity index (χ1n) is 5.80. The highest BCUT2D eigenvalue weighted by Gasteiger charge is 2.18. The molecule has 1 rings (SSSR count). The Morgan fingerprint density at radius 3 is 2.63 bits per heavy atom. The average Bonchev–Trinajstić information content (AvgIpc) is 2.35. The van der Waals surface area contributed by atoms with Gasteiger partial charge in [-0.3, -0.25) is 0 Å². The lowest BCUT2D eigenvalue weighted by atomic mass is 10.1. The van der Waals surface area contributed by atoms with E-state index in [4.69, 9.17) is 5.11 Å². The first kappa shape index (κ1) is 16.4. The molecule has 0 saturated heterocycles. The van der Waals surface area contributed by atoms with Gasteiger partial charge in [0.2, 0.25) is 10.0 Å². The van der Waals surface area contributed by atoms with Gasteiger partial charge in [0.05, 0.1) is 10.5 Å². The van der Waals surface area contributed by atoms with Crippen molar-refractivity contribution in [3.63, 3.8) is 0 Å². The summed E-state index contributed by atoms with van der Waals surface area (Å²) >= 11 is 1.86. The largest absolute Gasteiger partial charge is 0.478 e. The molecule has 0 heterocycles. The molecule has 106 valence electrons. The maximum Gasteiger partial charge on any atom is 0.336 e. The van der Waals surface area contributed by atoms with Gasteiger partial charge in [0.25, 0.3) is 0 Å². The third kappa shape index (κ3) is 4.43. The third-order valence-corrected chi connectivity index (χ3v) is 5.16. The molecule has 0 spiro atoms. The molecule has 1 aromatic rings. The summed E-state index contributed by atoms with van der Waals surface area (Å²) in [5.41, 5.74) is -0.00739. The molecule has 5 nitrogen and oxygen atoms in total. The number of hydrogen-bond acceptors (Lipinski definition) is 3. The van der Waals surface area contributed by atoms with E-state index in [1.165, 1.54) is 18.2 Å². The molecule has 0 aliphatic carbocycles. The van der Waals surface area contributed by atoms with Crippen LogP contribution in [0, 0.1) is 9.49 Å². The van der Waals surface area contributed by atoms with E-state index in [1.54, 1.807) is 0 Å². The van der Waals surface area contributed by atoms with Gasteiger partial charge >= 0.3 is 5.97 Å². The second-order valence-electron chi connectivity index (χ2n) is 4.31. The van der Waals surface area contributed by atoms with Gasteiger partial charge in [0.1, 0.15) is 0 Å². The SMILES string of the molecule is CCC(C)CNS(=O)(=O)c1ccc(I)c(C(=O)O)c1. The molecule has 19 heavy (non-hydrogen) atoms. The summed E-state index contributed by atoms with van der Waals surface area (Å²) in [5, 5.41) is 8.99. The number of halogens is 1. The van der Waals surface area contributed by atoms with Gasteiger partial charge in [-0.15, -0.1) is 0 Å². The molecule has 1 unspecified atom stereocenters. The number of carboxylic acid groups (broad SMARTS) is 1. The van der Waals surface area contributed by atoms with E-state index in [0.717, 1.165) is 6.42 Å². The molecule has 0 saturated carbocycles. The Bertz CT molecular complexity index is 571. The fourth-order valence-corrected chi connectivity index (χ4v) is 3.07. The summed E-state index contributed by atoms with van der Waals surface area (Å²) in [7, 11) is -3.65. The zero-order valence-corrected chi connectivity index (χ0v) is 13.7. The number of carbonyl (C=O) groups is 1. The summed E-state index contributed by atoms with van der Waals surface area (Å²) in [6, 6.07) is 4.08. The van der Waals surface area contributed by atoms with E-state index in [0.29, 0.717) is 10.1 Å². The van der Waals surface area contributed by atoms with Crippen molar-refractivity contribution in [3.05, 3.63) is 27.3 Å². The number of carboxylic acids is 1. The van der Waals surface area contributed by atoms with Crippen molar-refractivity contribution in [2.24, 2.45) is 5.92 Å². The Labute approximate surface area is 126 Å². The van der Waals surface area contributed by atoms with Crippen LogP contribution in [0.4, 0.5) is 0 Å². The summed E-state index contributed by atoms with van der Waals surface area (Å²) in [6.07, 6.45) is 0.871. The highest BCUT2D eigenvalue weighted by Crippen LogP contribution is 2.18. The maximum atomic E-state index is 12.0. The molecule has 7 heteroatoms. The van der Waals surface area contributed by atoms with Crippen molar-refractivity contribution < 1.29 is 18.3 Å². The molecule has 0 amide bonds. The monoisotopic (exact) mass is 397 g/mol. The second kappa shape index (κ2) is 6.67. The van der Waals surface area contributed by atoms with E-state index in [-0.39, 0.29) is 16.4 Å². The summed E-state index contributed by atoms with van der Waals surface area (Å²) in [5.74, 6) is -0.902. The van der Waals surface area contributed by atoms with Gasteiger partial charge in [-0.05, 0) is 46.7 Å². The number of benzene rings is 1. The molecular formula is C12H16INO4S. The molecule has 1 aromatic carbocycles. The van der Waals surface area contributed by atoms with Gasteiger partial charge in [0, 0.05) is 10.1 Å². The minimum Gasteiger partial charge on any atom is -0.478 e. The Balaban J connectivity index is 3.02. The van der Waals surface area contributed by atoms with Gasteiger partial charge < -0.3 is 5.11 Å². The summed E-state index contributed by atoms with van der Waals surface area (Å²) in [6.45, 7) is 4.26. The first-order chi connectivity index (χ1) is 8.77. The van der Waals surface area contributed by atoms with Crippen molar-refractivity contribution >= 4 is 38.6 Å². The fourth-order valence-electron chi connectivity index (χ4n) is 1.32. The lowest BCUT2D eigenvalue weighted by molar-refractivity contribution is 0.0695. The highest BCUT2D eigenvalue weighted by atomic mass is 127. The van der Waals surface area contributed by atoms with Crippen LogP contribution in [-0.2, 0) is 10.0 Å². The predicted octanol–water partition coefficient (Wildman–Crippen LogP) is 2.31. The number of sulfonamides is 1. The van der Waals surface area contributed by atoms with Gasteiger partial charge in [-0.1, -0.05) is 20.3 Å². The summed E-state index contributed by atoms with van der Waals surface area (Å²) < 4.78 is 27.1. The minimum atomic E-state index is -3.65. The Morgan fingerprint density at radius 1 is 1.47 bits per heavy atom. The van der Waals surface area contributed by atoms with E-state index in [1.807, 2.05) is 36.4 Å². The molecular weight excluding hydrogens is 381 g/mol. The molecule has 1 atom stereocenters. The number of aromatic carboxylic acids is 1. The van der Waals surface area contributed by atoms with Crippen molar-refractivity contribution in [2.75, 3.05) is 6.54 Å². The van der Waals surface area contributed by atoms with Crippen LogP contribution in [0.5, 0.6) is 0 Å². The topological polar surface area (TPSA) is 83.5 Å².